The van der Waals surface area contributed by atoms with Gasteiger partial charge in [-0.25, -0.2) is 0 Å². The van der Waals surface area contributed by atoms with Crippen LogP contribution in [0, 0.1) is 20.8 Å². The van der Waals surface area contributed by atoms with E-state index in [2.05, 4.69) is 83.4 Å². The second-order valence-electron chi connectivity index (χ2n) is 9.93. The van der Waals surface area contributed by atoms with Gasteiger partial charge in [-0.15, -0.1) is 0 Å². The van der Waals surface area contributed by atoms with Crippen molar-refractivity contribution < 1.29 is 4.74 Å². The van der Waals surface area contributed by atoms with Crippen molar-refractivity contribution in [3.05, 3.63) is 138 Å². The Morgan fingerprint density at radius 3 is 2.28 bits per heavy atom. The molecule has 1 aliphatic heterocycles. The minimum atomic E-state index is -0.123. The number of para-hydroxylation sites is 1. The number of benzene rings is 3. The average molecular weight is 531 g/mol. The van der Waals surface area contributed by atoms with E-state index in [9.17, 15) is 0 Å². The van der Waals surface area contributed by atoms with Crippen LogP contribution >= 0.6 is 12.2 Å². The molecule has 39 heavy (non-hydrogen) atoms. The van der Waals surface area contributed by atoms with E-state index in [1.54, 1.807) is 0 Å². The molecule has 1 fully saturated rings. The molecule has 0 amide bonds. The smallest absolute Gasteiger partial charge is 0.174 e. The highest BCUT2D eigenvalue weighted by atomic mass is 32.1. The quantitative estimate of drug-likeness (QED) is 0.227. The molecule has 0 unspecified atom stereocenters. The van der Waals surface area contributed by atoms with Crippen molar-refractivity contribution in [1.29, 1.82) is 0 Å². The van der Waals surface area contributed by atoms with Gasteiger partial charge in [0.05, 0.1) is 11.7 Å². The molecule has 0 saturated carbocycles. The molecule has 5 nitrogen and oxygen atoms in total. The Hall–Kier alpha value is -4.42. The molecular weight excluding hydrogens is 500 g/mol. The molecular formula is C33H30N4OS. The first-order valence-electron chi connectivity index (χ1n) is 13.1. The number of hydrogen-bond acceptors (Lipinski definition) is 3. The summed E-state index contributed by atoms with van der Waals surface area (Å²) in [4.78, 5) is 6.90. The van der Waals surface area contributed by atoms with Crippen LogP contribution in [-0.2, 0) is 0 Å². The minimum Gasteiger partial charge on any atom is -0.457 e. The van der Waals surface area contributed by atoms with E-state index in [1.165, 1.54) is 11.1 Å². The van der Waals surface area contributed by atoms with Crippen LogP contribution in [-0.4, -0.2) is 14.7 Å². The number of rotatable bonds is 6. The van der Waals surface area contributed by atoms with Crippen molar-refractivity contribution in [3.63, 3.8) is 0 Å². The highest BCUT2D eigenvalue weighted by Gasteiger charge is 2.42. The first kappa shape index (κ1) is 24.9. The largest absolute Gasteiger partial charge is 0.457 e. The zero-order valence-electron chi connectivity index (χ0n) is 22.2. The summed E-state index contributed by atoms with van der Waals surface area (Å²) in [7, 11) is 0. The second kappa shape index (κ2) is 10.4. The van der Waals surface area contributed by atoms with Crippen LogP contribution in [0.2, 0.25) is 0 Å². The first-order valence-corrected chi connectivity index (χ1v) is 13.5. The summed E-state index contributed by atoms with van der Waals surface area (Å²) in [6.07, 6.45) is 3.95. The van der Waals surface area contributed by atoms with Gasteiger partial charge >= 0.3 is 0 Å². The third kappa shape index (κ3) is 4.79. The summed E-state index contributed by atoms with van der Waals surface area (Å²) in [6, 6.07) is 32.8. The Balaban J connectivity index is 1.40. The predicted octanol–water partition coefficient (Wildman–Crippen LogP) is 7.77. The number of thiocarbonyl (C=S) groups is 1. The normalized spacial score (nSPS) is 16.8. The maximum Gasteiger partial charge on any atom is 0.174 e. The molecule has 2 aromatic heterocycles. The maximum atomic E-state index is 6.16. The molecule has 0 spiro atoms. The van der Waals surface area contributed by atoms with Crippen LogP contribution in [0.4, 0.5) is 5.69 Å². The number of nitrogens with zero attached hydrogens (tertiary/aromatic N) is 3. The average Bonchev–Trinajstić information content (AvgIpc) is 3.57. The molecule has 1 saturated heterocycles. The summed E-state index contributed by atoms with van der Waals surface area (Å²) in [5.41, 5.74) is 7.81. The van der Waals surface area contributed by atoms with Gasteiger partial charge in [0.2, 0.25) is 0 Å². The molecule has 3 heterocycles. The Morgan fingerprint density at radius 2 is 1.54 bits per heavy atom. The Labute approximate surface area is 234 Å². The number of aromatic nitrogens is 2. The summed E-state index contributed by atoms with van der Waals surface area (Å²) in [5.74, 6) is 1.63. The molecule has 6 heteroatoms. The fourth-order valence-corrected chi connectivity index (χ4v) is 5.50. The van der Waals surface area contributed by atoms with Crippen molar-refractivity contribution in [3.8, 4) is 17.2 Å². The molecule has 1 N–H and O–H groups in total. The van der Waals surface area contributed by atoms with Gasteiger partial charge in [-0.3, -0.25) is 4.98 Å². The zero-order chi connectivity index (χ0) is 26.9. The Bertz CT molecular complexity index is 1630. The number of anilines is 1. The van der Waals surface area contributed by atoms with Gasteiger partial charge in [-0.05, 0) is 116 Å². The molecule has 0 bridgehead atoms. The fraction of sp³-hybridized carbons (Fsp3) is 0.152. The fourth-order valence-electron chi connectivity index (χ4n) is 5.15. The van der Waals surface area contributed by atoms with Gasteiger partial charge < -0.3 is 19.5 Å². The second-order valence-corrected chi connectivity index (χ2v) is 10.3. The van der Waals surface area contributed by atoms with E-state index >= 15 is 0 Å². The number of aryl methyl sites for hydroxylation is 3. The van der Waals surface area contributed by atoms with Crippen molar-refractivity contribution in [1.82, 2.24) is 14.9 Å². The van der Waals surface area contributed by atoms with E-state index in [4.69, 9.17) is 21.9 Å². The van der Waals surface area contributed by atoms with Gasteiger partial charge in [0, 0.05) is 29.5 Å². The lowest BCUT2D eigenvalue weighted by molar-refractivity contribution is 0.479. The van der Waals surface area contributed by atoms with E-state index in [-0.39, 0.29) is 12.1 Å². The van der Waals surface area contributed by atoms with Crippen molar-refractivity contribution in [2.75, 3.05) is 4.90 Å². The number of pyridine rings is 1. The van der Waals surface area contributed by atoms with E-state index in [1.807, 2.05) is 61.7 Å². The molecule has 1 aliphatic rings. The van der Waals surface area contributed by atoms with Gasteiger partial charge in [0.15, 0.2) is 5.11 Å². The van der Waals surface area contributed by atoms with Gasteiger partial charge in [-0.1, -0.05) is 30.3 Å². The summed E-state index contributed by atoms with van der Waals surface area (Å²) < 4.78 is 8.42. The van der Waals surface area contributed by atoms with Crippen LogP contribution in [0.5, 0.6) is 11.5 Å². The van der Waals surface area contributed by atoms with Gasteiger partial charge in [0.25, 0.3) is 0 Å². The van der Waals surface area contributed by atoms with Crippen LogP contribution in [0.1, 0.15) is 40.2 Å². The number of ether oxygens (including phenoxy) is 1. The van der Waals surface area contributed by atoms with Gasteiger partial charge in [-0.2, -0.15) is 0 Å². The zero-order valence-corrected chi connectivity index (χ0v) is 23.0. The molecule has 3 aromatic carbocycles. The molecule has 6 rings (SSSR count). The third-order valence-corrected chi connectivity index (χ3v) is 7.70. The molecule has 5 aromatic rings. The van der Waals surface area contributed by atoms with Crippen LogP contribution in [0.15, 0.2) is 109 Å². The van der Waals surface area contributed by atoms with Crippen molar-refractivity contribution in [2.24, 2.45) is 0 Å². The lowest BCUT2D eigenvalue weighted by Crippen LogP contribution is -2.30. The standard InChI is InChI=1S/C33H30N4OS/c1-22-13-14-26(21-24(22)3)36-20-8-11-29(36)32-31(28-10-6-7-19-34-28)35-33(39)37(32)25-15-17-27(18-16-25)38-30-12-5-4-9-23(30)2/h4-21,31-32H,1-3H3,(H,35,39)/t31-,32+/m1/s1. The van der Waals surface area contributed by atoms with E-state index in [0.717, 1.165) is 39.8 Å². The van der Waals surface area contributed by atoms with Crippen LogP contribution < -0.4 is 15.0 Å². The van der Waals surface area contributed by atoms with Crippen molar-refractivity contribution >= 4 is 23.0 Å². The molecule has 0 aliphatic carbocycles. The van der Waals surface area contributed by atoms with Crippen LogP contribution in [0.3, 0.4) is 0 Å². The number of hydrogen-bond donors (Lipinski definition) is 1. The highest BCUT2D eigenvalue weighted by Crippen LogP contribution is 2.42. The molecule has 194 valence electrons. The number of nitrogens with one attached hydrogen (secondary N) is 1. The SMILES string of the molecule is Cc1ccc(-n2cccc2[C@H]2[C@@H](c3ccccn3)NC(=S)N2c2ccc(Oc3ccccc3C)cc2)cc1C. The monoisotopic (exact) mass is 530 g/mol. The van der Waals surface area contributed by atoms with E-state index < -0.39 is 0 Å². The summed E-state index contributed by atoms with van der Waals surface area (Å²) in [6.45, 7) is 6.34. The highest BCUT2D eigenvalue weighted by molar-refractivity contribution is 7.80. The Kier molecular flexibility index (Phi) is 6.63. The lowest BCUT2D eigenvalue weighted by Gasteiger charge is -2.29. The topological polar surface area (TPSA) is 42.3 Å². The third-order valence-electron chi connectivity index (χ3n) is 7.39. The summed E-state index contributed by atoms with van der Waals surface area (Å²) >= 11 is 5.95. The summed E-state index contributed by atoms with van der Waals surface area (Å²) in [5, 5.41) is 4.23. The first-order chi connectivity index (χ1) is 19.0. The predicted molar refractivity (Wildman–Crippen MR) is 161 cm³/mol. The van der Waals surface area contributed by atoms with Gasteiger partial charge in [0.1, 0.15) is 17.5 Å². The molecule has 2 atom stereocenters. The lowest BCUT2D eigenvalue weighted by atomic mass is 10.0. The van der Waals surface area contributed by atoms with Crippen molar-refractivity contribution in [2.45, 2.75) is 32.9 Å². The Morgan fingerprint density at radius 1 is 0.769 bits per heavy atom. The molecule has 0 radical (unpaired) electrons. The minimum absolute atomic E-state index is 0.118. The maximum absolute atomic E-state index is 6.16. The van der Waals surface area contributed by atoms with E-state index in [0.29, 0.717) is 5.11 Å². The van der Waals surface area contributed by atoms with Crippen LogP contribution in [0.25, 0.3) is 5.69 Å².